The molecule has 0 bridgehead atoms. The first-order valence-electron chi connectivity index (χ1n) is 10.2. The second-order valence-corrected chi connectivity index (χ2v) is 8.33. The van der Waals surface area contributed by atoms with Crippen molar-refractivity contribution in [1.82, 2.24) is 10.2 Å². The summed E-state index contributed by atoms with van der Waals surface area (Å²) in [6.45, 7) is 3.58. The molecule has 1 spiro atoms. The van der Waals surface area contributed by atoms with Gasteiger partial charge in [-0.15, -0.1) is 0 Å². The van der Waals surface area contributed by atoms with Crippen molar-refractivity contribution in [2.75, 3.05) is 6.54 Å². The molecule has 150 valence electrons. The highest BCUT2D eigenvalue weighted by atomic mass is 16.2. The minimum Gasteiger partial charge on any atom is -0.323 e. The Morgan fingerprint density at radius 2 is 1.76 bits per heavy atom. The molecule has 3 amide bonds. The zero-order valence-electron chi connectivity index (χ0n) is 16.9. The average molecular weight is 390 g/mol. The van der Waals surface area contributed by atoms with Crippen LogP contribution in [0.2, 0.25) is 0 Å². The largest absolute Gasteiger partial charge is 0.325 e. The lowest BCUT2D eigenvalue weighted by molar-refractivity contribution is -0.132. The Labute approximate surface area is 171 Å². The van der Waals surface area contributed by atoms with E-state index in [9.17, 15) is 14.4 Å². The third-order valence-electron chi connectivity index (χ3n) is 6.35. The van der Waals surface area contributed by atoms with E-state index >= 15 is 0 Å². The van der Waals surface area contributed by atoms with Gasteiger partial charge in [0.15, 0.2) is 5.78 Å². The maximum Gasteiger partial charge on any atom is 0.325 e. The van der Waals surface area contributed by atoms with Gasteiger partial charge < -0.3 is 5.32 Å². The number of imide groups is 1. The normalized spacial score (nSPS) is 24.1. The number of nitrogens with one attached hydrogen (secondary N) is 1. The summed E-state index contributed by atoms with van der Waals surface area (Å²) in [6, 6.07) is 15.5. The molecule has 0 aromatic heterocycles. The fraction of sp³-hybridized carbons (Fsp3) is 0.375. The van der Waals surface area contributed by atoms with Gasteiger partial charge in [-0.3, -0.25) is 14.5 Å². The summed E-state index contributed by atoms with van der Waals surface area (Å²) >= 11 is 0. The molecule has 29 heavy (non-hydrogen) atoms. The molecule has 0 radical (unpaired) electrons. The summed E-state index contributed by atoms with van der Waals surface area (Å²) in [4.78, 5) is 39.6. The average Bonchev–Trinajstić information content (AvgIpc) is 2.95. The van der Waals surface area contributed by atoms with Gasteiger partial charge in [0, 0.05) is 5.56 Å². The molecular weight excluding hydrogens is 364 g/mol. The van der Waals surface area contributed by atoms with Crippen LogP contribution in [0.4, 0.5) is 4.79 Å². The molecule has 0 atom stereocenters. The molecular formula is C24H26N2O3. The number of rotatable bonds is 4. The fourth-order valence-electron chi connectivity index (χ4n) is 4.59. The van der Waals surface area contributed by atoms with Crippen LogP contribution in [0.15, 0.2) is 48.5 Å². The van der Waals surface area contributed by atoms with E-state index in [4.69, 9.17) is 0 Å². The van der Waals surface area contributed by atoms with Crippen LogP contribution in [-0.2, 0) is 4.79 Å². The highest BCUT2D eigenvalue weighted by Gasteiger charge is 2.52. The van der Waals surface area contributed by atoms with Crippen LogP contribution >= 0.6 is 0 Å². The first-order chi connectivity index (χ1) is 13.9. The molecule has 4 rings (SSSR count). The molecule has 2 fully saturated rings. The number of hydrogen-bond acceptors (Lipinski definition) is 3. The van der Waals surface area contributed by atoms with E-state index in [-0.39, 0.29) is 18.2 Å². The SMILES string of the molecule is Cc1ccc(C)c(C(=O)CN2C(=O)NC3(CCC(c4ccccc4)CC3)C2=O)c1. The van der Waals surface area contributed by atoms with Crippen molar-refractivity contribution < 1.29 is 14.4 Å². The molecule has 1 saturated carbocycles. The van der Waals surface area contributed by atoms with Crippen molar-refractivity contribution in [3.63, 3.8) is 0 Å². The van der Waals surface area contributed by atoms with E-state index in [1.807, 2.05) is 50.2 Å². The van der Waals surface area contributed by atoms with Crippen molar-refractivity contribution >= 4 is 17.7 Å². The molecule has 1 saturated heterocycles. The predicted molar refractivity (Wildman–Crippen MR) is 111 cm³/mol. The Morgan fingerprint density at radius 1 is 1.07 bits per heavy atom. The van der Waals surface area contributed by atoms with Crippen molar-refractivity contribution in [3.05, 3.63) is 70.8 Å². The van der Waals surface area contributed by atoms with Crippen LogP contribution in [0.1, 0.15) is 58.6 Å². The van der Waals surface area contributed by atoms with Crippen LogP contribution in [0.5, 0.6) is 0 Å². The molecule has 1 N–H and O–H groups in total. The summed E-state index contributed by atoms with van der Waals surface area (Å²) in [5, 5.41) is 2.91. The molecule has 1 heterocycles. The summed E-state index contributed by atoms with van der Waals surface area (Å²) < 4.78 is 0. The molecule has 1 aliphatic heterocycles. The number of carbonyl (C=O) groups excluding carboxylic acids is 3. The monoisotopic (exact) mass is 390 g/mol. The number of amides is 3. The standard InChI is InChI=1S/C24H26N2O3/c1-16-8-9-17(2)20(14-16)21(27)15-26-22(28)24(25-23(26)29)12-10-19(11-13-24)18-6-4-3-5-7-18/h3-9,14,19H,10-13,15H2,1-2H3,(H,25,29). The van der Waals surface area contributed by atoms with Gasteiger partial charge in [-0.2, -0.15) is 0 Å². The second-order valence-electron chi connectivity index (χ2n) is 8.33. The molecule has 1 aliphatic carbocycles. The molecule has 5 heteroatoms. The number of urea groups is 1. The molecule has 5 nitrogen and oxygen atoms in total. The highest BCUT2D eigenvalue weighted by molar-refractivity contribution is 6.11. The van der Waals surface area contributed by atoms with E-state index in [1.165, 1.54) is 5.56 Å². The minimum atomic E-state index is -0.857. The molecule has 2 aliphatic rings. The third-order valence-corrected chi connectivity index (χ3v) is 6.35. The lowest BCUT2D eigenvalue weighted by atomic mass is 9.74. The number of Topliss-reactive ketones (excluding diaryl/α,β-unsaturated/α-hetero) is 1. The maximum absolute atomic E-state index is 13.1. The highest BCUT2D eigenvalue weighted by Crippen LogP contribution is 2.40. The first-order valence-corrected chi connectivity index (χ1v) is 10.2. The van der Waals surface area contributed by atoms with Crippen molar-refractivity contribution in [1.29, 1.82) is 0 Å². The summed E-state index contributed by atoms with van der Waals surface area (Å²) in [5.74, 6) is -0.0606. The summed E-state index contributed by atoms with van der Waals surface area (Å²) in [7, 11) is 0. The number of hydrogen-bond donors (Lipinski definition) is 1. The van der Waals surface area contributed by atoms with Crippen LogP contribution in [-0.4, -0.2) is 34.7 Å². The zero-order valence-corrected chi connectivity index (χ0v) is 16.9. The van der Waals surface area contributed by atoms with Crippen molar-refractivity contribution in [2.24, 2.45) is 0 Å². The number of ketones is 1. The van der Waals surface area contributed by atoms with E-state index in [2.05, 4.69) is 17.4 Å². The Hall–Kier alpha value is -2.95. The maximum atomic E-state index is 13.1. The van der Waals surface area contributed by atoms with Gasteiger partial charge in [0.05, 0.1) is 6.54 Å². The van der Waals surface area contributed by atoms with E-state index in [1.54, 1.807) is 0 Å². The third kappa shape index (κ3) is 3.57. The second kappa shape index (κ2) is 7.47. The zero-order chi connectivity index (χ0) is 20.6. The van der Waals surface area contributed by atoms with Crippen LogP contribution in [0, 0.1) is 13.8 Å². The van der Waals surface area contributed by atoms with E-state index in [0.29, 0.717) is 24.3 Å². The summed E-state index contributed by atoms with van der Waals surface area (Å²) in [5.41, 5.74) is 2.82. The van der Waals surface area contributed by atoms with Gasteiger partial charge >= 0.3 is 6.03 Å². The van der Waals surface area contributed by atoms with Gasteiger partial charge in [0.2, 0.25) is 0 Å². The smallest absolute Gasteiger partial charge is 0.323 e. The molecule has 2 aromatic rings. The topological polar surface area (TPSA) is 66.5 Å². The van der Waals surface area contributed by atoms with Gasteiger partial charge in [0.25, 0.3) is 5.91 Å². The Morgan fingerprint density at radius 3 is 2.45 bits per heavy atom. The van der Waals surface area contributed by atoms with Gasteiger partial charge in [-0.1, -0.05) is 48.0 Å². The number of nitrogens with zero attached hydrogens (tertiary/aromatic N) is 1. The Kier molecular flexibility index (Phi) is 4.99. The number of benzene rings is 2. The van der Waals surface area contributed by atoms with Crippen LogP contribution in [0.25, 0.3) is 0 Å². The van der Waals surface area contributed by atoms with Crippen LogP contribution < -0.4 is 5.32 Å². The molecule has 0 unspecified atom stereocenters. The van der Waals surface area contributed by atoms with Gasteiger partial charge in [-0.05, 0) is 62.6 Å². The van der Waals surface area contributed by atoms with Crippen LogP contribution in [0.3, 0.4) is 0 Å². The quantitative estimate of drug-likeness (QED) is 0.630. The molecule has 2 aromatic carbocycles. The minimum absolute atomic E-state index is 0.204. The Balaban J connectivity index is 1.47. The number of aryl methyl sites for hydroxylation is 2. The number of carbonyl (C=O) groups is 3. The van der Waals surface area contributed by atoms with Crippen molar-refractivity contribution in [3.8, 4) is 0 Å². The first kappa shape index (κ1) is 19.4. The van der Waals surface area contributed by atoms with E-state index < -0.39 is 11.6 Å². The fourth-order valence-corrected chi connectivity index (χ4v) is 4.59. The Bertz CT molecular complexity index is 959. The van der Waals surface area contributed by atoms with E-state index in [0.717, 1.165) is 28.9 Å². The van der Waals surface area contributed by atoms with Gasteiger partial charge in [0.1, 0.15) is 5.54 Å². The lowest BCUT2D eigenvalue weighted by Crippen LogP contribution is -2.49. The lowest BCUT2D eigenvalue weighted by Gasteiger charge is -2.35. The van der Waals surface area contributed by atoms with Gasteiger partial charge in [-0.25, -0.2) is 4.79 Å². The predicted octanol–water partition coefficient (Wildman–Crippen LogP) is 4.13. The van der Waals surface area contributed by atoms with Crippen molar-refractivity contribution in [2.45, 2.75) is 51.0 Å². The summed E-state index contributed by atoms with van der Waals surface area (Å²) in [6.07, 6.45) is 2.89.